The summed E-state index contributed by atoms with van der Waals surface area (Å²) in [5.74, 6) is 1.78. The molecule has 1 unspecified atom stereocenters. The van der Waals surface area contributed by atoms with Gasteiger partial charge in [0, 0.05) is 26.1 Å². The van der Waals surface area contributed by atoms with Crippen LogP contribution in [-0.4, -0.2) is 49.2 Å². The average Bonchev–Trinajstić information content (AvgIpc) is 3.15. The molecule has 2 aliphatic rings. The van der Waals surface area contributed by atoms with Gasteiger partial charge in [0.1, 0.15) is 0 Å². The fourth-order valence-electron chi connectivity index (χ4n) is 3.64. The normalized spacial score (nSPS) is 19.6. The topological polar surface area (TPSA) is 42.0 Å². The van der Waals surface area contributed by atoms with Gasteiger partial charge in [-0.15, -0.1) is 0 Å². The molecule has 2 aliphatic heterocycles. The second kappa shape index (κ2) is 7.38. The molecule has 2 heterocycles. The molecule has 0 bridgehead atoms. The van der Waals surface area contributed by atoms with Crippen molar-refractivity contribution in [1.82, 2.24) is 9.80 Å². The lowest BCUT2D eigenvalue weighted by molar-refractivity contribution is -0.134. The van der Waals surface area contributed by atoms with Gasteiger partial charge in [-0.1, -0.05) is 36.4 Å². The first-order chi connectivity index (χ1) is 12.7. The van der Waals surface area contributed by atoms with Crippen LogP contribution in [0.15, 0.2) is 48.5 Å². The monoisotopic (exact) mass is 352 g/mol. The van der Waals surface area contributed by atoms with Crippen LogP contribution in [0.4, 0.5) is 0 Å². The zero-order valence-corrected chi connectivity index (χ0v) is 15.1. The molecule has 0 aromatic heterocycles. The Balaban J connectivity index is 1.37. The maximum atomic E-state index is 12.7. The first kappa shape index (κ1) is 16.9. The van der Waals surface area contributed by atoms with Crippen molar-refractivity contribution in [2.24, 2.45) is 0 Å². The number of likely N-dealkylation sites (N-methyl/N-ethyl adjacent to an activating group) is 1. The number of ether oxygens (including phenoxy) is 2. The van der Waals surface area contributed by atoms with E-state index in [1.807, 2.05) is 29.2 Å². The van der Waals surface area contributed by atoms with Crippen LogP contribution in [0.3, 0.4) is 0 Å². The van der Waals surface area contributed by atoms with Gasteiger partial charge in [0.2, 0.25) is 12.7 Å². The molecule has 5 nitrogen and oxygen atoms in total. The number of rotatable bonds is 4. The Bertz CT molecular complexity index is 778. The van der Waals surface area contributed by atoms with Gasteiger partial charge in [-0.3, -0.25) is 9.69 Å². The predicted octanol–water partition coefficient (Wildman–Crippen LogP) is 2.86. The van der Waals surface area contributed by atoms with Crippen LogP contribution in [-0.2, 0) is 11.2 Å². The van der Waals surface area contributed by atoms with E-state index in [1.165, 1.54) is 5.56 Å². The van der Waals surface area contributed by atoms with Gasteiger partial charge < -0.3 is 14.4 Å². The number of fused-ring (bicyclic) bond motifs is 1. The van der Waals surface area contributed by atoms with Crippen molar-refractivity contribution in [1.29, 1.82) is 0 Å². The number of carbonyl (C=O) groups excluding carboxylic acids is 1. The first-order valence-electron chi connectivity index (χ1n) is 9.12. The summed E-state index contributed by atoms with van der Waals surface area (Å²) in [6.07, 6.45) is 1.24. The van der Waals surface area contributed by atoms with Crippen molar-refractivity contribution >= 4 is 5.91 Å². The van der Waals surface area contributed by atoms with Crippen LogP contribution in [0.1, 0.15) is 23.6 Å². The number of carbonyl (C=O) groups is 1. The molecule has 2 aromatic rings. The van der Waals surface area contributed by atoms with Crippen molar-refractivity contribution in [2.45, 2.75) is 18.9 Å². The van der Waals surface area contributed by atoms with Crippen LogP contribution in [0.2, 0.25) is 0 Å². The van der Waals surface area contributed by atoms with Crippen molar-refractivity contribution in [2.75, 3.05) is 33.5 Å². The third-order valence-electron chi connectivity index (χ3n) is 5.25. The molecular formula is C21H24N2O3. The van der Waals surface area contributed by atoms with Gasteiger partial charge >= 0.3 is 0 Å². The van der Waals surface area contributed by atoms with Crippen LogP contribution in [0, 0.1) is 0 Å². The zero-order valence-electron chi connectivity index (χ0n) is 15.1. The number of aryl methyl sites for hydroxylation is 1. The van der Waals surface area contributed by atoms with E-state index < -0.39 is 0 Å². The summed E-state index contributed by atoms with van der Waals surface area (Å²) in [5.41, 5.74) is 2.37. The number of hydrogen-bond acceptors (Lipinski definition) is 4. The Labute approximate surface area is 154 Å². The van der Waals surface area contributed by atoms with Gasteiger partial charge in [-0.2, -0.15) is 0 Å². The van der Waals surface area contributed by atoms with E-state index >= 15 is 0 Å². The fourth-order valence-corrected chi connectivity index (χ4v) is 3.64. The molecule has 1 saturated heterocycles. The highest BCUT2D eigenvalue weighted by molar-refractivity contribution is 5.76. The Morgan fingerprint density at radius 3 is 2.73 bits per heavy atom. The highest BCUT2D eigenvalue weighted by Gasteiger charge is 2.28. The van der Waals surface area contributed by atoms with E-state index in [2.05, 4.69) is 36.2 Å². The van der Waals surface area contributed by atoms with Crippen molar-refractivity contribution < 1.29 is 14.3 Å². The summed E-state index contributed by atoms with van der Waals surface area (Å²) in [6.45, 7) is 2.72. The van der Waals surface area contributed by atoms with Gasteiger partial charge in [-0.05, 0) is 36.7 Å². The average molecular weight is 352 g/mol. The molecule has 26 heavy (non-hydrogen) atoms. The van der Waals surface area contributed by atoms with Crippen LogP contribution in [0.5, 0.6) is 11.5 Å². The highest BCUT2D eigenvalue weighted by atomic mass is 16.7. The molecule has 0 spiro atoms. The quantitative estimate of drug-likeness (QED) is 0.849. The lowest BCUT2D eigenvalue weighted by Gasteiger charge is -2.39. The maximum absolute atomic E-state index is 12.7. The van der Waals surface area contributed by atoms with E-state index in [0.717, 1.165) is 43.1 Å². The molecule has 0 radical (unpaired) electrons. The second-order valence-electron chi connectivity index (χ2n) is 6.93. The number of piperazine rings is 1. The van der Waals surface area contributed by atoms with Crippen molar-refractivity contribution in [3.63, 3.8) is 0 Å². The summed E-state index contributed by atoms with van der Waals surface area (Å²) in [6, 6.07) is 16.6. The zero-order chi connectivity index (χ0) is 17.9. The molecular weight excluding hydrogens is 328 g/mol. The SMILES string of the molecule is CN1CCN(C(=O)CCc2ccc3c(c2)OCO3)CC1c1ccccc1. The van der Waals surface area contributed by atoms with Gasteiger partial charge in [0.15, 0.2) is 11.5 Å². The van der Waals surface area contributed by atoms with E-state index in [1.54, 1.807) is 0 Å². The molecule has 2 aromatic carbocycles. The number of benzene rings is 2. The molecule has 5 heteroatoms. The number of hydrogen-bond donors (Lipinski definition) is 0. The molecule has 0 saturated carbocycles. The highest BCUT2D eigenvalue weighted by Crippen LogP contribution is 2.33. The lowest BCUT2D eigenvalue weighted by atomic mass is 10.0. The number of amides is 1. The minimum atomic E-state index is 0.219. The van der Waals surface area contributed by atoms with Gasteiger partial charge in [-0.25, -0.2) is 0 Å². The van der Waals surface area contributed by atoms with E-state index in [4.69, 9.17) is 9.47 Å². The molecule has 1 amide bonds. The second-order valence-corrected chi connectivity index (χ2v) is 6.93. The summed E-state index contributed by atoms with van der Waals surface area (Å²) < 4.78 is 10.8. The van der Waals surface area contributed by atoms with E-state index in [9.17, 15) is 4.79 Å². The molecule has 1 atom stereocenters. The molecule has 0 N–H and O–H groups in total. The maximum Gasteiger partial charge on any atom is 0.231 e. The predicted molar refractivity (Wildman–Crippen MR) is 99.3 cm³/mol. The van der Waals surface area contributed by atoms with Crippen molar-refractivity contribution in [3.8, 4) is 11.5 Å². The molecule has 4 rings (SSSR count). The lowest BCUT2D eigenvalue weighted by Crippen LogP contribution is -2.49. The smallest absolute Gasteiger partial charge is 0.231 e. The largest absolute Gasteiger partial charge is 0.454 e. The Hall–Kier alpha value is -2.53. The Kier molecular flexibility index (Phi) is 4.80. The minimum Gasteiger partial charge on any atom is -0.454 e. The van der Waals surface area contributed by atoms with Crippen LogP contribution in [0.25, 0.3) is 0 Å². The molecule has 1 fully saturated rings. The third-order valence-corrected chi connectivity index (χ3v) is 5.25. The summed E-state index contributed by atoms with van der Waals surface area (Å²) in [4.78, 5) is 17.1. The van der Waals surface area contributed by atoms with Gasteiger partial charge in [0.05, 0.1) is 6.04 Å². The van der Waals surface area contributed by atoms with Gasteiger partial charge in [0.25, 0.3) is 0 Å². The van der Waals surface area contributed by atoms with Crippen molar-refractivity contribution in [3.05, 3.63) is 59.7 Å². The van der Waals surface area contributed by atoms with Crippen LogP contribution < -0.4 is 9.47 Å². The summed E-state index contributed by atoms with van der Waals surface area (Å²) in [5, 5.41) is 0. The molecule has 0 aliphatic carbocycles. The summed E-state index contributed by atoms with van der Waals surface area (Å²) in [7, 11) is 2.13. The van der Waals surface area contributed by atoms with E-state index in [0.29, 0.717) is 6.42 Å². The fraction of sp³-hybridized carbons (Fsp3) is 0.381. The molecule has 136 valence electrons. The minimum absolute atomic E-state index is 0.219. The first-order valence-corrected chi connectivity index (χ1v) is 9.12. The Morgan fingerprint density at radius 2 is 1.88 bits per heavy atom. The number of nitrogens with zero attached hydrogens (tertiary/aromatic N) is 2. The van der Waals surface area contributed by atoms with Crippen LogP contribution >= 0.6 is 0 Å². The standard InChI is InChI=1S/C21H24N2O3/c1-22-11-12-23(14-18(22)17-5-3-2-4-6-17)21(24)10-8-16-7-9-19-20(13-16)26-15-25-19/h2-7,9,13,18H,8,10-12,14-15H2,1H3. The Morgan fingerprint density at radius 1 is 1.08 bits per heavy atom. The third kappa shape index (κ3) is 3.53. The van der Waals surface area contributed by atoms with E-state index in [-0.39, 0.29) is 18.7 Å². The summed E-state index contributed by atoms with van der Waals surface area (Å²) >= 11 is 0.